The van der Waals surface area contributed by atoms with Crippen molar-refractivity contribution in [1.82, 2.24) is 4.98 Å². The second-order valence-electron chi connectivity index (χ2n) is 2.58. The quantitative estimate of drug-likeness (QED) is 0.651. The summed E-state index contributed by atoms with van der Waals surface area (Å²) in [5.41, 5.74) is 2.38. The predicted molar refractivity (Wildman–Crippen MR) is 48.7 cm³/mol. The lowest BCUT2D eigenvalue weighted by atomic mass is 10.2. The fourth-order valence-electron chi connectivity index (χ4n) is 1.11. The number of benzene rings is 1. The molecular formula is C8H6N2O2S. The molecule has 1 unspecified atom stereocenters. The number of hydrogen-bond donors (Lipinski definition) is 1. The zero-order chi connectivity index (χ0) is 9.42. The smallest absolute Gasteiger partial charge is 0.252 e. The Hall–Kier alpha value is -1.46. The molecular weight excluding hydrogens is 188 g/mol. The first kappa shape index (κ1) is 8.15. The van der Waals surface area contributed by atoms with E-state index in [9.17, 15) is 9.90 Å². The Morgan fingerprint density at radius 1 is 1.54 bits per heavy atom. The van der Waals surface area contributed by atoms with Crippen molar-refractivity contribution in [2.24, 2.45) is 0 Å². The van der Waals surface area contributed by atoms with Crippen molar-refractivity contribution < 1.29 is 9.90 Å². The van der Waals surface area contributed by atoms with Crippen LogP contribution in [0.15, 0.2) is 23.7 Å². The molecule has 4 nitrogen and oxygen atoms in total. The van der Waals surface area contributed by atoms with Crippen molar-refractivity contribution in [2.45, 2.75) is 0 Å². The molecule has 1 atom stereocenters. The van der Waals surface area contributed by atoms with E-state index in [1.165, 1.54) is 12.1 Å². The molecule has 0 radical (unpaired) electrons. The molecule has 1 aromatic heterocycles. The average molecular weight is 194 g/mol. The van der Waals surface area contributed by atoms with Crippen LogP contribution in [0.5, 0.6) is 0 Å². The van der Waals surface area contributed by atoms with E-state index in [0.717, 1.165) is 4.70 Å². The number of carboxylic acids is 1. The fraction of sp³-hybridized carbons (Fsp3) is 0. The molecule has 0 aliphatic carbocycles. The maximum absolute atomic E-state index is 10.5. The van der Waals surface area contributed by atoms with E-state index in [4.69, 9.17) is 5.14 Å². The molecule has 0 amide bonds. The summed E-state index contributed by atoms with van der Waals surface area (Å²) in [6, 6.07) is 4.63. The Morgan fingerprint density at radius 3 is 3.00 bits per heavy atom. The van der Waals surface area contributed by atoms with E-state index in [-0.39, 0.29) is 5.56 Å². The number of rotatable bonds is 1. The van der Waals surface area contributed by atoms with Gasteiger partial charge in [0.05, 0.1) is 16.6 Å². The van der Waals surface area contributed by atoms with E-state index < -0.39 is 16.6 Å². The summed E-state index contributed by atoms with van der Waals surface area (Å²) >= 11 is 0. The van der Waals surface area contributed by atoms with Gasteiger partial charge in [0.2, 0.25) is 4.70 Å². The highest BCUT2D eigenvalue weighted by atomic mass is 32.2. The first-order chi connectivity index (χ1) is 6.18. The van der Waals surface area contributed by atoms with E-state index in [1.807, 2.05) is 0 Å². The summed E-state index contributed by atoms with van der Waals surface area (Å²) < 4.78 is 0.880. The molecule has 1 heterocycles. The molecule has 0 saturated heterocycles. The van der Waals surface area contributed by atoms with Gasteiger partial charge in [-0.1, -0.05) is 0 Å². The fourth-order valence-corrected chi connectivity index (χ4v) is 2.03. The van der Waals surface area contributed by atoms with E-state index in [1.54, 1.807) is 11.6 Å². The van der Waals surface area contributed by atoms with Crippen LogP contribution in [0.4, 0.5) is 0 Å². The normalized spacial score (nSPS) is 11.9. The molecule has 0 fully saturated rings. The molecule has 2 rings (SSSR count). The number of nitrogen functional groups attached to an aromatic ring is 1. The maximum atomic E-state index is 10.5. The Labute approximate surface area is 76.7 Å². The number of nitrogens with zero attached hydrogens (tertiary/aromatic N) is 1. The maximum Gasteiger partial charge on any atom is 0.252 e. The molecule has 0 bridgehead atoms. The van der Waals surface area contributed by atoms with E-state index in [2.05, 4.69) is 4.98 Å². The molecule has 1 aromatic carbocycles. The third-order valence-corrected chi connectivity index (χ3v) is 2.94. The van der Waals surface area contributed by atoms with Crippen molar-refractivity contribution in [3.8, 4) is 0 Å². The van der Waals surface area contributed by atoms with Gasteiger partial charge in [-0.05, 0) is 17.7 Å². The number of aromatic nitrogens is 1. The van der Waals surface area contributed by atoms with Crippen LogP contribution in [0.3, 0.4) is 0 Å². The summed E-state index contributed by atoms with van der Waals surface area (Å²) in [5, 5.41) is 16.2. The van der Waals surface area contributed by atoms with Gasteiger partial charge in [0, 0.05) is 6.07 Å². The van der Waals surface area contributed by atoms with Crippen LogP contribution < -0.4 is 10.2 Å². The zero-order valence-corrected chi connectivity index (χ0v) is 7.38. The zero-order valence-electron chi connectivity index (χ0n) is 6.56. The number of thiazole rings is 1. The minimum absolute atomic E-state index is 0.134. The van der Waals surface area contributed by atoms with Crippen LogP contribution in [-0.2, 0) is 0 Å². The van der Waals surface area contributed by atoms with Crippen LogP contribution in [0.25, 0.3) is 10.2 Å². The van der Waals surface area contributed by atoms with Crippen LogP contribution in [0, 0.1) is 0 Å². The lowest BCUT2D eigenvalue weighted by Crippen LogP contribution is -2.21. The predicted octanol–water partition coefficient (Wildman–Crippen LogP) is 0.0612. The van der Waals surface area contributed by atoms with Gasteiger partial charge < -0.3 is 9.90 Å². The standard InChI is InChI=1S/C8H6N2O2S/c9-13-4-10-6-3-5(8(11)12)1-2-7(6)13/h1-4H,9H2. The molecule has 0 spiro atoms. The molecule has 2 aromatic rings. The number of fused-ring (bicyclic) bond motifs is 1. The molecule has 13 heavy (non-hydrogen) atoms. The lowest BCUT2D eigenvalue weighted by Gasteiger charge is -1.98. The third-order valence-electron chi connectivity index (χ3n) is 1.75. The molecule has 66 valence electrons. The van der Waals surface area contributed by atoms with Crippen LogP contribution >= 0.6 is 10.7 Å². The van der Waals surface area contributed by atoms with Gasteiger partial charge in [-0.3, -0.25) is 0 Å². The van der Waals surface area contributed by atoms with Gasteiger partial charge in [0.15, 0.2) is 0 Å². The Bertz CT molecular complexity index is 478. The second-order valence-corrected chi connectivity index (χ2v) is 3.97. The minimum atomic E-state index is -1.19. The van der Waals surface area contributed by atoms with E-state index in [0.29, 0.717) is 5.52 Å². The van der Waals surface area contributed by atoms with Crippen molar-refractivity contribution in [3.05, 3.63) is 29.3 Å². The molecule has 0 aliphatic rings. The van der Waals surface area contributed by atoms with Crippen molar-refractivity contribution in [3.63, 3.8) is 0 Å². The number of carboxylic acid groups (broad SMARTS) is 1. The SMILES string of the molecule is N[s+]1cnc2cc(C(=O)[O-])ccc21. The first-order valence-electron chi connectivity index (χ1n) is 3.55. The second kappa shape index (κ2) is 2.79. The van der Waals surface area contributed by atoms with Gasteiger partial charge in [-0.15, -0.1) is 5.14 Å². The summed E-state index contributed by atoms with van der Waals surface area (Å²) in [5.74, 6) is -1.19. The van der Waals surface area contributed by atoms with Gasteiger partial charge in [0.1, 0.15) is 5.52 Å². The molecule has 0 saturated carbocycles. The summed E-state index contributed by atoms with van der Waals surface area (Å²) in [6.07, 6.45) is 0. The summed E-state index contributed by atoms with van der Waals surface area (Å²) in [7, 11) is -0.474. The van der Waals surface area contributed by atoms with Gasteiger partial charge in [-0.2, -0.15) is 4.98 Å². The Morgan fingerprint density at radius 2 is 2.31 bits per heavy atom. The average Bonchev–Trinajstić information content (AvgIpc) is 2.47. The van der Waals surface area contributed by atoms with Crippen LogP contribution in [0.1, 0.15) is 10.4 Å². The molecule has 0 aliphatic heterocycles. The number of aromatic carboxylic acids is 1. The Kier molecular flexibility index (Phi) is 1.75. The van der Waals surface area contributed by atoms with Crippen molar-refractivity contribution in [1.29, 1.82) is 0 Å². The van der Waals surface area contributed by atoms with Crippen LogP contribution in [0.2, 0.25) is 0 Å². The lowest BCUT2D eigenvalue weighted by molar-refractivity contribution is -0.255. The van der Waals surface area contributed by atoms with Crippen molar-refractivity contribution in [2.75, 3.05) is 5.14 Å². The van der Waals surface area contributed by atoms with Gasteiger partial charge >= 0.3 is 0 Å². The topological polar surface area (TPSA) is 79.0 Å². The van der Waals surface area contributed by atoms with E-state index >= 15 is 0 Å². The number of hydrogen-bond acceptors (Lipinski definition) is 4. The molecule has 2 N–H and O–H groups in total. The highest BCUT2D eigenvalue weighted by Gasteiger charge is 2.10. The van der Waals surface area contributed by atoms with Gasteiger partial charge in [-0.25, -0.2) is 0 Å². The van der Waals surface area contributed by atoms with Crippen LogP contribution in [-0.4, -0.2) is 11.0 Å². The number of carbonyl (C=O) groups is 1. The monoisotopic (exact) mass is 194 g/mol. The largest absolute Gasteiger partial charge is 0.545 e. The third kappa shape index (κ3) is 1.28. The van der Waals surface area contributed by atoms with Crippen molar-refractivity contribution >= 4 is 26.8 Å². The summed E-state index contributed by atoms with van der Waals surface area (Å²) in [6.45, 7) is 0. The highest BCUT2D eigenvalue weighted by Crippen LogP contribution is 2.23. The first-order valence-corrected chi connectivity index (χ1v) is 4.90. The minimum Gasteiger partial charge on any atom is -0.545 e. The summed E-state index contributed by atoms with van der Waals surface area (Å²) in [4.78, 5) is 14.5. The van der Waals surface area contributed by atoms with Gasteiger partial charge in [0.25, 0.3) is 5.51 Å². The highest BCUT2D eigenvalue weighted by molar-refractivity contribution is 7.35. The number of carbonyl (C=O) groups excluding carboxylic acids is 1. The molecule has 5 heteroatoms. The Balaban J connectivity index is 2.70. The number of nitrogens with two attached hydrogens (primary N) is 1.